The van der Waals surface area contributed by atoms with Gasteiger partial charge in [0.1, 0.15) is 11.4 Å². The Morgan fingerprint density at radius 3 is 1.63 bits per heavy atom. The molecular weight excluding hydrogens is 883 g/mol. The third-order valence-electron chi connectivity index (χ3n) is 10.2. The first-order valence-corrected chi connectivity index (χ1v) is 22.0. The first-order valence-electron chi connectivity index (χ1n) is 22.0. The Balaban J connectivity index is 1.10. The normalized spacial score (nSPS) is 10.9. The number of rotatable bonds is 25. The summed E-state index contributed by atoms with van der Waals surface area (Å²) < 4.78 is 7.67. The van der Waals surface area contributed by atoms with Gasteiger partial charge in [-0.15, -0.1) is 0 Å². The maximum atomic E-state index is 13.4. The molecule has 364 valence electrons. The van der Waals surface area contributed by atoms with Crippen molar-refractivity contribution in [2.75, 3.05) is 54.0 Å². The van der Waals surface area contributed by atoms with Gasteiger partial charge in [0.25, 0.3) is 29.5 Å². The SMILES string of the molecule is CCCNC(=O)CCNC(=O)c1nc(NC(=O)CCNC(=O)c2cc(NC(=O)c3nc(NC(=O)CCNC(=O)c4cc(NC(=O)c5nccn5C)cn4C)cn3C)cn2CCCCCN)cn1C. The fraction of sp³-hybridized carbons (Fsp3) is 0.419. The number of nitrogens with two attached hydrogens (primary N) is 1. The number of carbonyl (C=O) groups excluding carboxylic acids is 8. The largest absolute Gasteiger partial charge is 0.356 e. The van der Waals surface area contributed by atoms with Crippen LogP contribution in [-0.2, 0) is 49.1 Å². The standard InChI is InChI=1S/C43H59N17O8/c1-6-14-45-33(61)10-15-49-41(66)37-54-31(25-58(37)4)52-35(63)12-17-48-40(65)30-22-28(24-60(30)19-9-7-8-13-44)51-43(68)38-55-32(26-59(38)5)53-34(62)11-16-47-39(64)29-21-27(23-57(29)3)50-42(67)36-46-18-20-56(36)2/h18,20-26H,6-17,19,44H2,1-5H3,(H,45,61)(H,47,64)(H,48,65)(H,49,66)(H,50,67)(H,51,68)(H,52,63)(H,53,62). The summed E-state index contributed by atoms with van der Waals surface area (Å²) in [6.45, 7) is 3.51. The van der Waals surface area contributed by atoms with E-state index in [1.54, 1.807) is 55.9 Å². The van der Waals surface area contributed by atoms with Gasteiger partial charge < -0.3 is 71.1 Å². The summed E-state index contributed by atoms with van der Waals surface area (Å²) in [6, 6.07) is 3.01. The number of nitrogens with zero attached hydrogens (tertiary/aromatic N) is 8. The van der Waals surface area contributed by atoms with Crippen LogP contribution < -0.4 is 48.3 Å². The molecule has 0 aliphatic carbocycles. The zero-order valence-electron chi connectivity index (χ0n) is 38.7. The van der Waals surface area contributed by atoms with E-state index in [1.807, 2.05) is 6.92 Å². The lowest BCUT2D eigenvalue weighted by molar-refractivity contribution is -0.121. The predicted molar refractivity (Wildman–Crippen MR) is 250 cm³/mol. The van der Waals surface area contributed by atoms with E-state index in [0.29, 0.717) is 37.4 Å². The molecule has 0 aliphatic rings. The average molecular weight is 942 g/mol. The van der Waals surface area contributed by atoms with Crippen molar-refractivity contribution >= 4 is 70.3 Å². The molecule has 0 atom stereocenters. The second kappa shape index (κ2) is 24.4. The van der Waals surface area contributed by atoms with Gasteiger partial charge in [0.15, 0.2) is 17.5 Å². The number of hydrogen-bond donors (Lipinski definition) is 9. The minimum atomic E-state index is -0.618. The number of amides is 8. The summed E-state index contributed by atoms with van der Waals surface area (Å²) in [7, 11) is 6.50. The fourth-order valence-corrected chi connectivity index (χ4v) is 6.74. The van der Waals surface area contributed by atoms with Crippen molar-refractivity contribution in [3.05, 3.63) is 78.2 Å². The lowest BCUT2D eigenvalue weighted by Crippen LogP contribution is -2.32. The third kappa shape index (κ3) is 14.5. The van der Waals surface area contributed by atoms with Crippen molar-refractivity contribution in [1.82, 2.24) is 59.1 Å². The highest BCUT2D eigenvalue weighted by Crippen LogP contribution is 2.19. The van der Waals surface area contributed by atoms with Crippen LogP contribution in [0.25, 0.3) is 0 Å². The van der Waals surface area contributed by atoms with Crippen LogP contribution in [0, 0.1) is 0 Å². The number of aromatic nitrogens is 8. The molecule has 0 aromatic carbocycles. The first-order chi connectivity index (χ1) is 32.6. The summed E-state index contributed by atoms with van der Waals surface area (Å²) in [5.41, 5.74) is 6.84. The summed E-state index contributed by atoms with van der Waals surface area (Å²) in [4.78, 5) is 115. The van der Waals surface area contributed by atoms with E-state index in [-0.39, 0.29) is 85.3 Å². The van der Waals surface area contributed by atoms with Gasteiger partial charge in [0.05, 0.1) is 11.4 Å². The van der Waals surface area contributed by atoms with E-state index in [2.05, 4.69) is 57.5 Å². The van der Waals surface area contributed by atoms with Gasteiger partial charge in [0, 0.05) is 117 Å². The Morgan fingerprint density at radius 1 is 0.529 bits per heavy atom. The van der Waals surface area contributed by atoms with Crippen LogP contribution in [0.2, 0.25) is 0 Å². The minimum Gasteiger partial charge on any atom is -0.356 e. The van der Waals surface area contributed by atoms with E-state index < -0.39 is 41.4 Å². The molecule has 5 aromatic heterocycles. The first kappa shape index (κ1) is 50.9. The van der Waals surface area contributed by atoms with Crippen molar-refractivity contribution in [3.63, 3.8) is 0 Å². The minimum absolute atomic E-state index is 0.0191. The van der Waals surface area contributed by atoms with Crippen molar-refractivity contribution in [2.24, 2.45) is 33.9 Å². The summed E-state index contributed by atoms with van der Waals surface area (Å²) >= 11 is 0. The van der Waals surface area contributed by atoms with E-state index in [9.17, 15) is 38.4 Å². The van der Waals surface area contributed by atoms with Crippen LogP contribution in [-0.4, -0.2) is 118 Å². The van der Waals surface area contributed by atoms with Crippen molar-refractivity contribution in [1.29, 1.82) is 0 Å². The Labute approximate surface area is 391 Å². The van der Waals surface area contributed by atoms with Gasteiger partial charge in [-0.05, 0) is 37.9 Å². The Kier molecular flexibility index (Phi) is 18.3. The van der Waals surface area contributed by atoms with Crippen molar-refractivity contribution < 1.29 is 38.4 Å². The van der Waals surface area contributed by atoms with E-state index in [4.69, 9.17) is 5.73 Å². The lowest BCUT2D eigenvalue weighted by Gasteiger charge is -2.09. The van der Waals surface area contributed by atoms with Crippen LogP contribution >= 0.6 is 0 Å². The molecule has 0 aliphatic heterocycles. The second-order valence-electron chi connectivity index (χ2n) is 15.7. The highest BCUT2D eigenvalue weighted by molar-refractivity contribution is 6.04. The number of unbranched alkanes of at least 4 members (excludes halogenated alkanes) is 2. The Hall–Kier alpha value is -8.09. The molecule has 5 aromatic rings. The van der Waals surface area contributed by atoms with Crippen LogP contribution in [0.3, 0.4) is 0 Å². The Morgan fingerprint density at radius 2 is 1.06 bits per heavy atom. The fourth-order valence-electron chi connectivity index (χ4n) is 6.74. The van der Waals surface area contributed by atoms with Crippen LogP contribution in [0.15, 0.2) is 49.3 Å². The molecule has 0 saturated heterocycles. The van der Waals surface area contributed by atoms with Crippen LogP contribution in [0.4, 0.5) is 23.0 Å². The van der Waals surface area contributed by atoms with Gasteiger partial charge in [-0.25, -0.2) is 15.0 Å². The maximum absolute atomic E-state index is 13.4. The molecule has 5 heterocycles. The number of imidazole rings is 3. The second-order valence-corrected chi connectivity index (χ2v) is 15.7. The Bertz CT molecular complexity index is 2610. The molecule has 0 bridgehead atoms. The summed E-state index contributed by atoms with van der Waals surface area (Å²) in [5.74, 6) is -3.21. The number of carbonyl (C=O) groups is 8. The highest BCUT2D eigenvalue weighted by Gasteiger charge is 2.21. The number of anilines is 4. The lowest BCUT2D eigenvalue weighted by atomic mass is 10.2. The van der Waals surface area contributed by atoms with Crippen LogP contribution in [0.5, 0.6) is 0 Å². The maximum Gasteiger partial charge on any atom is 0.291 e. The molecule has 0 saturated carbocycles. The molecule has 25 nitrogen and oxygen atoms in total. The molecular formula is C43H59N17O8. The van der Waals surface area contributed by atoms with Crippen molar-refractivity contribution in [3.8, 4) is 0 Å². The molecule has 8 amide bonds. The molecule has 68 heavy (non-hydrogen) atoms. The van der Waals surface area contributed by atoms with E-state index >= 15 is 0 Å². The van der Waals surface area contributed by atoms with Gasteiger partial charge >= 0.3 is 0 Å². The highest BCUT2D eigenvalue weighted by atomic mass is 16.2. The third-order valence-corrected chi connectivity index (χ3v) is 10.2. The molecule has 10 N–H and O–H groups in total. The summed E-state index contributed by atoms with van der Waals surface area (Å²) in [5, 5.41) is 21.5. The quantitative estimate of drug-likeness (QED) is 0.0368. The number of aryl methyl sites for hydroxylation is 5. The molecule has 0 spiro atoms. The van der Waals surface area contributed by atoms with Gasteiger partial charge in [-0.2, -0.15) is 0 Å². The van der Waals surface area contributed by atoms with Gasteiger partial charge in [-0.3, -0.25) is 38.4 Å². The van der Waals surface area contributed by atoms with Crippen molar-refractivity contribution in [2.45, 2.75) is 58.4 Å². The zero-order valence-corrected chi connectivity index (χ0v) is 38.7. The van der Waals surface area contributed by atoms with Crippen LogP contribution in [0.1, 0.15) is 105 Å². The van der Waals surface area contributed by atoms with Gasteiger partial charge in [0.2, 0.25) is 29.4 Å². The van der Waals surface area contributed by atoms with E-state index in [0.717, 1.165) is 19.3 Å². The number of hydrogen-bond acceptors (Lipinski definition) is 12. The molecule has 25 heteroatoms. The average Bonchev–Trinajstić information content (AvgIpc) is 4.13. The smallest absolute Gasteiger partial charge is 0.291 e. The topological polar surface area (TPSA) is 322 Å². The molecule has 0 unspecified atom stereocenters. The predicted octanol–water partition coefficient (Wildman–Crippen LogP) is 0.824. The number of nitrogens with one attached hydrogen (secondary N) is 8. The molecule has 0 radical (unpaired) electrons. The molecule has 0 fully saturated rings. The summed E-state index contributed by atoms with van der Waals surface area (Å²) in [6.07, 6.45) is 12.2. The van der Waals surface area contributed by atoms with E-state index in [1.165, 1.54) is 44.4 Å². The zero-order chi connectivity index (χ0) is 49.3. The monoisotopic (exact) mass is 941 g/mol. The molecule has 5 rings (SSSR count). The van der Waals surface area contributed by atoms with Gasteiger partial charge in [-0.1, -0.05) is 13.3 Å².